The Morgan fingerprint density at radius 3 is 2.71 bits per heavy atom. The van der Waals surface area contributed by atoms with Crippen LogP contribution in [-0.4, -0.2) is 20.0 Å². The summed E-state index contributed by atoms with van der Waals surface area (Å²) in [6, 6.07) is 5.13. The lowest BCUT2D eigenvalue weighted by atomic mass is 10.0. The van der Waals surface area contributed by atoms with Gasteiger partial charge in [0, 0.05) is 24.5 Å². The monoisotopic (exact) mass is 476 g/mol. The van der Waals surface area contributed by atoms with Crippen LogP contribution in [0.1, 0.15) is 24.1 Å². The largest absolute Gasteiger partial charge is 0.330 e. The van der Waals surface area contributed by atoms with Gasteiger partial charge in [-0.1, -0.05) is 35.3 Å². The molecule has 3 aromatic rings. The molecule has 0 radical (unpaired) electrons. The molecular weight excluding hydrogens is 459 g/mol. The highest BCUT2D eigenvalue weighted by Gasteiger charge is 2.17. The number of anilines is 1. The summed E-state index contributed by atoms with van der Waals surface area (Å²) in [4.78, 5) is 42.0. The number of hydrogen-bond donors (Lipinski definition) is 1. The highest BCUT2D eigenvalue weighted by molar-refractivity contribution is 7.14. The van der Waals surface area contributed by atoms with Crippen molar-refractivity contribution in [3.63, 3.8) is 0 Å². The molecule has 0 aliphatic heterocycles. The minimum atomic E-state index is -0.425. The fraction of sp³-hybridized carbons (Fsp3) is 0.238. The maximum absolute atomic E-state index is 12.7. The van der Waals surface area contributed by atoms with Crippen molar-refractivity contribution in [2.24, 2.45) is 14.1 Å². The van der Waals surface area contributed by atoms with Gasteiger partial charge in [0.2, 0.25) is 5.91 Å². The van der Waals surface area contributed by atoms with E-state index < -0.39 is 11.2 Å². The summed E-state index contributed by atoms with van der Waals surface area (Å²) in [5.41, 5.74) is 1.90. The van der Waals surface area contributed by atoms with Gasteiger partial charge < -0.3 is 5.32 Å². The number of nitrogens with one attached hydrogen (secondary N) is 1. The topological polar surface area (TPSA) is 86.0 Å². The number of fused-ring (bicyclic) bond motifs is 1. The number of carbonyl (C=O) groups is 1. The second kappa shape index (κ2) is 8.45. The number of hydrogen-bond acceptors (Lipinski definition) is 5. The van der Waals surface area contributed by atoms with E-state index in [9.17, 15) is 14.4 Å². The number of thiazole rings is 1. The Balaban J connectivity index is 1.58. The van der Waals surface area contributed by atoms with Crippen LogP contribution in [0.2, 0.25) is 0 Å². The quantitative estimate of drug-likeness (QED) is 0.621. The Kier molecular flexibility index (Phi) is 5.88. The van der Waals surface area contributed by atoms with Crippen molar-refractivity contribution in [3.8, 4) is 0 Å². The first kappa shape index (κ1) is 21.5. The molecule has 10 heteroatoms. The first-order valence-electron chi connectivity index (χ1n) is 9.44. The molecule has 0 spiro atoms. The maximum atomic E-state index is 12.7. The normalized spacial score (nSPS) is 14.1. The fourth-order valence-corrected chi connectivity index (χ4v) is 4.65. The van der Waals surface area contributed by atoms with Crippen LogP contribution in [0.3, 0.4) is 0 Å². The van der Waals surface area contributed by atoms with Crippen LogP contribution in [0.4, 0.5) is 5.13 Å². The average molecular weight is 477 g/mol. The van der Waals surface area contributed by atoms with Crippen LogP contribution < -0.4 is 16.6 Å². The van der Waals surface area contributed by atoms with E-state index in [0.717, 1.165) is 22.3 Å². The summed E-state index contributed by atoms with van der Waals surface area (Å²) in [6.07, 6.45) is 3.16. The molecule has 1 N–H and O–H groups in total. The van der Waals surface area contributed by atoms with Crippen molar-refractivity contribution < 1.29 is 4.79 Å². The number of nitrogens with zero attached hydrogens (tertiary/aromatic N) is 3. The van der Waals surface area contributed by atoms with E-state index in [2.05, 4.69) is 10.3 Å². The van der Waals surface area contributed by atoms with E-state index in [-0.39, 0.29) is 12.3 Å². The van der Waals surface area contributed by atoms with Gasteiger partial charge in [-0.15, -0.1) is 11.3 Å². The molecule has 1 amide bonds. The summed E-state index contributed by atoms with van der Waals surface area (Å²) >= 11 is 13.5. The third-order valence-electron chi connectivity index (χ3n) is 5.19. The SMILES string of the molecule is Cn1c(=O)c2c(CC(=O)Nc3nc(C4=CC(Cl)=C(Cl)CC4)cs3)cccc2n(C)c1=O. The lowest BCUT2D eigenvalue weighted by molar-refractivity contribution is -0.115. The third-order valence-corrected chi connectivity index (χ3v) is 6.77. The van der Waals surface area contributed by atoms with E-state index >= 15 is 0 Å². The second-order valence-electron chi connectivity index (χ2n) is 7.20. The second-order valence-corrected chi connectivity index (χ2v) is 8.92. The molecule has 0 bridgehead atoms. The predicted octanol–water partition coefficient (Wildman–Crippen LogP) is 3.74. The Bertz CT molecular complexity index is 1400. The molecule has 160 valence electrons. The minimum Gasteiger partial charge on any atom is -0.302 e. The van der Waals surface area contributed by atoms with E-state index in [0.29, 0.717) is 38.1 Å². The number of aromatic nitrogens is 3. The number of amides is 1. The fourth-order valence-electron chi connectivity index (χ4n) is 3.53. The first-order valence-corrected chi connectivity index (χ1v) is 11.1. The molecule has 1 aromatic carbocycles. The molecule has 0 saturated carbocycles. The number of benzene rings is 1. The smallest absolute Gasteiger partial charge is 0.302 e. The van der Waals surface area contributed by atoms with Crippen LogP contribution in [-0.2, 0) is 25.3 Å². The van der Waals surface area contributed by atoms with Gasteiger partial charge in [-0.25, -0.2) is 9.78 Å². The number of rotatable bonds is 4. The molecule has 2 aromatic heterocycles. The summed E-state index contributed by atoms with van der Waals surface area (Å²) in [7, 11) is 3.02. The molecule has 1 aliphatic rings. The van der Waals surface area contributed by atoms with Crippen LogP contribution in [0, 0.1) is 0 Å². The van der Waals surface area contributed by atoms with Gasteiger partial charge in [0.15, 0.2) is 5.13 Å². The van der Waals surface area contributed by atoms with Crippen LogP contribution in [0.25, 0.3) is 16.5 Å². The lowest BCUT2D eigenvalue weighted by Crippen LogP contribution is -2.37. The molecule has 0 atom stereocenters. The summed E-state index contributed by atoms with van der Waals surface area (Å²) in [6.45, 7) is 0. The summed E-state index contributed by atoms with van der Waals surface area (Å²) < 4.78 is 2.44. The number of halogens is 2. The van der Waals surface area contributed by atoms with Gasteiger partial charge in [0.05, 0.1) is 28.0 Å². The molecule has 2 heterocycles. The Hall–Kier alpha value is -2.68. The molecular formula is C21H18Cl2N4O3S. The Morgan fingerprint density at radius 1 is 1.19 bits per heavy atom. The Labute approximate surface area is 191 Å². The van der Waals surface area contributed by atoms with Gasteiger partial charge in [0.1, 0.15) is 0 Å². The van der Waals surface area contributed by atoms with E-state index in [1.54, 1.807) is 31.3 Å². The van der Waals surface area contributed by atoms with Gasteiger partial charge in [-0.3, -0.25) is 18.7 Å². The van der Waals surface area contributed by atoms with Gasteiger partial charge >= 0.3 is 5.69 Å². The number of allylic oxidation sites excluding steroid dienone is 4. The zero-order chi connectivity index (χ0) is 22.3. The number of aryl methyl sites for hydroxylation is 1. The van der Waals surface area contributed by atoms with Crippen molar-refractivity contribution in [1.82, 2.24) is 14.1 Å². The van der Waals surface area contributed by atoms with Crippen molar-refractivity contribution in [1.29, 1.82) is 0 Å². The van der Waals surface area contributed by atoms with Gasteiger partial charge in [-0.2, -0.15) is 0 Å². The van der Waals surface area contributed by atoms with Crippen molar-refractivity contribution in [2.75, 3.05) is 5.32 Å². The standard InChI is InChI=1S/C21H18Cl2N4O3S/c1-26-16-5-3-4-12(18(16)19(29)27(2)21(26)30)9-17(28)25-20-24-15(10-31-20)11-6-7-13(22)14(23)8-11/h3-5,8,10H,6-7,9H2,1-2H3,(H,24,25,28). The van der Waals surface area contributed by atoms with Gasteiger partial charge in [-0.05, 0) is 36.1 Å². The summed E-state index contributed by atoms with van der Waals surface area (Å²) in [5.74, 6) is -0.303. The Morgan fingerprint density at radius 2 is 1.97 bits per heavy atom. The highest BCUT2D eigenvalue weighted by Crippen LogP contribution is 2.34. The first-order chi connectivity index (χ1) is 14.8. The number of carbonyl (C=O) groups excluding carboxylic acids is 1. The third kappa shape index (κ3) is 4.11. The molecule has 0 unspecified atom stereocenters. The highest BCUT2D eigenvalue weighted by atomic mass is 35.5. The molecule has 0 fully saturated rings. The van der Waals surface area contributed by atoms with Crippen molar-refractivity contribution in [3.05, 3.63) is 71.8 Å². The summed E-state index contributed by atoms with van der Waals surface area (Å²) in [5, 5.41) is 6.59. The maximum Gasteiger partial charge on any atom is 0.330 e. The molecule has 31 heavy (non-hydrogen) atoms. The van der Waals surface area contributed by atoms with Crippen molar-refractivity contribution in [2.45, 2.75) is 19.3 Å². The lowest BCUT2D eigenvalue weighted by Gasteiger charge is -2.11. The zero-order valence-electron chi connectivity index (χ0n) is 16.7. The van der Waals surface area contributed by atoms with Crippen LogP contribution in [0.15, 0.2) is 49.3 Å². The molecule has 7 nitrogen and oxygen atoms in total. The molecule has 4 rings (SSSR count). The van der Waals surface area contributed by atoms with Crippen LogP contribution in [0.5, 0.6) is 0 Å². The van der Waals surface area contributed by atoms with E-state index in [1.165, 1.54) is 23.0 Å². The average Bonchev–Trinajstić information content (AvgIpc) is 3.20. The van der Waals surface area contributed by atoms with E-state index in [1.807, 2.05) is 5.38 Å². The van der Waals surface area contributed by atoms with Gasteiger partial charge in [0.25, 0.3) is 5.56 Å². The molecule has 1 aliphatic carbocycles. The van der Waals surface area contributed by atoms with Crippen molar-refractivity contribution >= 4 is 62.1 Å². The predicted molar refractivity (Wildman–Crippen MR) is 125 cm³/mol. The zero-order valence-corrected chi connectivity index (χ0v) is 19.1. The van der Waals surface area contributed by atoms with Crippen LogP contribution >= 0.6 is 34.5 Å². The minimum absolute atomic E-state index is 0.0213. The molecule has 0 saturated heterocycles. The van der Waals surface area contributed by atoms with E-state index in [4.69, 9.17) is 23.2 Å².